The summed E-state index contributed by atoms with van der Waals surface area (Å²) in [5, 5.41) is 2.78. The Morgan fingerprint density at radius 3 is 2.08 bits per heavy atom. The third-order valence-corrected chi connectivity index (χ3v) is 14.5. The molecule has 0 heterocycles. The third-order valence-electron chi connectivity index (χ3n) is 14.5. The Morgan fingerprint density at radius 2 is 1.37 bits per heavy atom. The van der Waals surface area contributed by atoms with Crippen molar-refractivity contribution in [3.05, 3.63) is 239 Å². The van der Waals surface area contributed by atoms with Crippen molar-refractivity contribution in [2.24, 2.45) is 17.8 Å². The number of allylic oxidation sites excluding steroid dienone is 18. The van der Waals surface area contributed by atoms with E-state index in [0.717, 1.165) is 38.5 Å². The zero-order chi connectivity index (χ0) is 39.9. The number of rotatable bonds is 8. The summed E-state index contributed by atoms with van der Waals surface area (Å²) in [5.41, 5.74) is 14.9. The molecular formula is C59H53N. The maximum atomic E-state index is 2.54. The predicted octanol–water partition coefficient (Wildman–Crippen LogP) is 15.5. The molecule has 0 spiro atoms. The molecule has 0 saturated carbocycles. The second kappa shape index (κ2) is 15.8. The van der Waals surface area contributed by atoms with Crippen molar-refractivity contribution in [2.45, 2.75) is 62.7 Å². The van der Waals surface area contributed by atoms with Gasteiger partial charge in [-0.25, -0.2) is 0 Å². The highest BCUT2D eigenvalue weighted by atomic mass is 15.1. The van der Waals surface area contributed by atoms with Gasteiger partial charge >= 0.3 is 0 Å². The van der Waals surface area contributed by atoms with Crippen LogP contribution in [0.15, 0.2) is 212 Å². The van der Waals surface area contributed by atoms with Crippen LogP contribution in [0, 0.1) is 17.8 Å². The van der Waals surface area contributed by atoms with E-state index in [-0.39, 0.29) is 11.3 Å². The average molecular weight is 776 g/mol. The number of fused-ring (bicyclic) bond motifs is 1. The minimum atomic E-state index is -0.277. The smallest absolute Gasteiger partial charge is 0.0525 e. The molecule has 11 rings (SSSR count). The van der Waals surface area contributed by atoms with Crippen LogP contribution in [0.4, 0.5) is 11.4 Å². The molecule has 294 valence electrons. The highest BCUT2D eigenvalue weighted by Crippen LogP contribution is 2.58. The van der Waals surface area contributed by atoms with E-state index < -0.39 is 0 Å². The molecule has 0 fully saturated rings. The summed E-state index contributed by atoms with van der Waals surface area (Å²) < 4.78 is 0. The lowest BCUT2D eigenvalue weighted by atomic mass is 9.54. The molecular weight excluding hydrogens is 723 g/mol. The molecule has 5 aromatic carbocycles. The van der Waals surface area contributed by atoms with Gasteiger partial charge < -0.3 is 4.90 Å². The second-order valence-corrected chi connectivity index (χ2v) is 17.6. The van der Waals surface area contributed by atoms with Gasteiger partial charge in [-0.3, -0.25) is 0 Å². The fraction of sp³-hybridized carbons (Fsp3) is 0.220. The molecule has 0 N–H and O–H groups in total. The summed E-state index contributed by atoms with van der Waals surface area (Å²) in [4.78, 5) is 2.53. The van der Waals surface area contributed by atoms with E-state index in [9.17, 15) is 0 Å². The largest absolute Gasteiger partial charge is 0.315 e. The number of hydrogen-bond acceptors (Lipinski definition) is 1. The van der Waals surface area contributed by atoms with Gasteiger partial charge in [-0.15, -0.1) is 0 Å². The molecule has 0 aliphatic heterocycles. The molecule has 0 bridgehead atoms. The number of nitrogens with zero attached hydrogens (tertiary/aromatic N) is 1. The van der Waals surface area contributed by atoms with E-state index in [1.54, 1.807) is 0 Å². The van der Waals surface area contributed by atoms with Crippen molar-refractivity contribution in [2.75, 3.05) is 4.90 Å². The zero-order valence-electron chi connectivity index (χ0n) is 34.5. The predicted molar refractivity (Wildman–Crippen MR) is 254 cm³/mol. The third kappa shape index (κ3) is 6.38. The quantitative estimate of drug-likeness (QED) is 0.152. The highest BCUT2D eigenvalue weighted by Gasteiger charge is 2.48. The van der Waals surface area contributed by atoms with Gasteiger partial charge in [0.1, 0.15) is 0 Å². The Balaban J connectivity index is 0.920. The standard InChI is InChI=1S/C59H53N/c1-4-14-42(15-5-1)45-28-36-51(37-29-45)60(52-38-30-46(31-39-52)43-16-6-2-7-17-43)53-40-32-47(33-41-53)44-26-34-50(35-27-44)59(49-20-8-3-9-21-49)56-24-11-10-22-54(56)55-23-12-18-48-19-13-25-57(59)58(48)55/h1-9,11-14,16,18-21,23-29,32-34,36-38,40-43,46,50H,10,15,17,22,30-31,35,39H2/t42?,43?,46-,50?,59?/m0/s1. The molecule has 60 heavy (non-hydrogen) atoms. The van der Waals surface area contributed by atoms with Crippen LogP contribution in [-0.4, -0.2) is 0 Å². The summed E-state index contributed by atoms with van der Waals surface area (Å²) in [6, 6.07) is 44.1. The van der Waals surface area contributed by atoms with Crippen molar-refractivity contribution in [1.29, 1.82) is 0 Å². The average Bonchev–Trinajstić information content (AvgIpc) is 3.34. The van der Waals surface area contributed by atoms with Gasteiger partial charge in [-0.2, -0.15) is 0 Å². The van der Waals surface area contributed by atoms with Crippen LogP contribution in [0.2, 0.25) is 0 Å². The van der Waals surface area contributed by atoms with Gasteiger partial charge in [0.05, 0.1) is 5.41 Å². The summed E-state index contributed by atoms with van der Waals surface area (Å²) in [6.45, 7) is 0. The Morgan fingerprint density at radius 1 is 0.583 bits per heavy atom. The molecule has 0 aromatic heterocycles. The first-order valence-corrected chi connectivity index (χ1v) is 22.5. The fourth-order valence-electron chi connectivity index (χ4n) is 11.5. The monoisotopic (exact) mass is 775 g/mol. The van der Waals surface area contributed by atoms with E-state index in [1.165, 1.54) is 85.2 Å². The molecule has 0 amide bonds. The highest BCUT2D eigenvalue weighted by molar-refractivity contribution is 6.02. The molecule has 6 aliphatic carbocycles. The van der Waals surface area contributed by atoms with E-state index in [0.29, 0.717) is 17.8 Å². The number of hydrogen-bond donors (Lipinski definition) is 0. The van der Waals surface area contributed by atoms with Crippen LogP contribution in [0.5, 0.6) is 0 Å². The lowest BCUT2D eigenvalue weighted by Gasteiger charge is -2.48. The first kappa shape index (κ1) is 36.9. The molecule has 6 aliphatic rings. The van der Waals surface area contributed by atoms with Gasteiger partial charge in [0, 0.05) is 23.0 Å². The Hall–Kier alpha value is -6.18. The van der Waals surface area contributed by atoms with Crippen LogP contribution in [0.1, 0.15) is 85.1 Å². The maximum absolute atomic E-state index is 2.54. The first-order chi connectivity index (χ1) is 29.8. The zero-order valence-corrected chi connectivity index (χ0v) is 34.5. The summed E-state index contributed by atoms with van der Waals surface area (Å²) in [6.07, 6.45) is 41.9. The van der Waals surface area contributed by atoms with E-state index >= 15 is 0 Å². The van der Waals surface area contributed by atoms with E-state index in [2.05, 4.69) is 205 Å². The van der Waals surface area contributed by atoms with Crippen molar-refractivity contribution < 1.29 is 0 Å². The molecule has 5 aromatic rings. The van der Waals surface area contributed by atoms with E-state index in [4.69, 9.17) is 0 Å². The van der Waals surface area contributed by atoms with Crippen molar-refractivity contribution in [3.8, 4) is 0 Å². The summed E-state index contributed by atoms with van der Waals surface area (Å²) in [5.74, 6) is 2.08. The molecule has 0 radical (unpaired) electrons. The second-order valence-electron chi connectivity index (χ2n) is 17.6. The lowest BCUT2D eigenvalue weighted by molar-refractivity contribution is 0.358. The molecule has 1 nitrogen and oxygen atoms in total. The topological polar surface area (TPSA) is 3.24 Å². The first-order valence-electron chi connectivity index (χ1n) is 22.5. The van der Waals surface area contributed by atoms with Crippen molar-refractivity contribution >= 4 is 33.3 Å². The van der Waals surface area contributed by atoms with Gasteiger partial charge in [0.2, 0.25) is 0 Å². The SMILES string of the molecule is C1=CCC(c2ccc(N(C3=CC[C@H](C4C=CC=CC4)CC3)c3ccc(C4=CCC(C5(c6ccccc6)C6=C(CCC=C6)c6cccc7cccc5c67)C=C4)cc3)cc2)C=C1. The van der Waals surface area contributed by atoms with Gasteiger partial charge in [0.15, 0.2) is 0 Å². The van der Waals surface area contributed by atoms with Crippen LogP contribution >= 0.6 is 0 Å². The molecule has 4 unspecified atom stereocenters. The van der Waals surface area contributed by atoms with Crippen LogP contribution < -0.4 is 4.90 Å². The molecule has 1 heteroatoms. The Labute approximate surface area is 356 Å². The summed E-state index contributed by atoms with van der Waals surface area (Å²) in [7, 11) is 0. The normalized spacial score (nSPS) is 25.3. The molecule has 5 atom stereocenters. The Kier molecular flexibility index (Phi) is 9.69. The van der Waals surface area contributed by atoms with Crippen molar-refractivity contribution in [1.82, 2.24) is 0 Å². The van der Waals surface area contributed by atoms with Gasteiger partial charge in [0.25, 0.3) is 0 Å². The lowest BCUT2D eigenvalue weighted by Crippen LogP contribution is -2.40. The van der Waals surface area contributed by atoms with Gasteiger partial charge in [-0.05, 0) is 149 Å². The van der Waals surface area contributed by atoms with Crippen LogP contribution in [-0.2, 0) is 5.41 Å². The summed E-state index contributed by atoms with van der Waals surface area (Å²) >= 11 is 0. The minimum absolute atomic E-state index is 0.274. The minimum Gasteiger partial charge on any atom is -0.315 e. The van der Waals surface area contributed by atoms with Crippen LogP contribution in [0.25, 0.3) is 21.9 Å². The van der Waals surface area contributed by atoms with Crippen LogP contribution in [0.3, 0.4) is 0 Å². The Bertz CT molecular complexity index is 2700. The molecule has 0 saturated heterocycles. The van der Waals surface area contributed by atoms with Gasteiger partial charge in [-0.1, -0.05) is 176 Å². The maximum Gasteiger partial charge on any atom is 0.0525 e. The van der Waals surface area contributed by atoms with Crippen molar-refractivity contribution in [3.63, 3.8) is 0 Å². The fourth-order valence-corrected chi connectivity index (χ4v) is 11.5. The number of anilines is 2. The van der Waals surface area contributed by atoms with E-state index in [1.807, 2.05) is 0 Å². The number of benzene rings is 5.